The van der Waals surface area contributed by atoms with Crippen molar-refractivity contribution in [3.8, 4) is 5.75 Å². The number of amides is 1. The van der Waals surface area contributed by atoms with Crippen LogP contribution in [0.3, 0.4) is 0 Å². The number of thioether (sulfide) groups is 1. The third-order valence-corrected chi connectivity index (χ3v) is 7.04. The van der Waals surface area contributed by atoms with Gasteiger partial charge in [0, 0.05) is 41.1 Å². The average Bonchev–Trinajstić information content (AvgIpc) is 3.25. The molecule has 1 aliphatic carbocycles. The third-order valence-electron chi connectivity index (χ3n) is 6.32. The van der Waals surface area contributed by atoms with E-state index in [2.05, 4.69) is 15.7 Å². The fourth-order valence-corrected chi connectivity index (χ4v) is 4.90. The number of nitrogens with two attached hydrogens (primary N) is 2. The molecule has 2 aromatic carbocycles. The van der Waals surface area contributed by atoms with E-state index < -0.39 is 17.2 Å². The van der Waals surface area contributed by atoms with Crippen molar-refractivity contribution < 1.29 is 18.7 Å². The van der Waals surface area contributed by atoms with Gasteiger partial charge in [-0.1, -0.05) is 17.8 Å². The second kappa shape index (κ2) is 10.5. The van der Waals surface area contributed by atoms with Crippen molar-refractivity contribution in [1.82, 2.24) is 9.78 Å². The molecule has 1 aromatic heterocycles. The van der Waals surface area contributed by atoms with Gasteiger partial charge in [0.15, 0.2) is 5.82 Å². The first-order chi connectivity index (χ1) is 16.8. The molecule has 11 heteroatoms. The summed E-state index contributed by atoms with van der Waals surface area (Å²) < 4.78 is 26.9. The summed E-state index contributed by atoms with van der Waals surface area (Å²) >= 11 is 0.462. The van der Waals surface area contributed by atoms with Gasteiger partial charge in [0.1, 0.15) is 11.3 Å². The van der Waals surface area contributed by atoms with Crippen LogP contribution >= 0.6 is 11.8 Å². The van der Waals surface area contributed by atoms with Crippen molar-refractivity contribution in [2.45, 2.75) is 47.9 Å². The first kappa shape index (κ1) is 24.8. The number of primary amides is 1. The molecule has 1 saturated carbocycles. The number of aromatic nitrogens is 2. The SMILES string of the molecule is NCC1(n2cc(C(N)=O)c(Nc3ccc(SC(F)F)cc3)n2)CCC(Nc2cccc(O)c2)CC1. The molecule has 0 spiro atoms. The van der Waals surface area contributed by atoms with E-state index in [1.165, 1.54) is 0 Å². The third kappa shape index (κ3) is 5.85. The number of phenolic OH excluding ortho intramolecular Hbond substituents is 1. The molecular weight excluding hydrogens is 474 g/mol. The molecule has 1 amide bonds. The van der Waals surface area contributed by atoms with E-state index in [0.717, 1.165) is 31.4 Å². The smallest absolute Gasteiger partial charge is 0.288 e. The molecule has 0 aliphatic heterocycles. The van der Waals surface area contributed by atoms with E-state index in [0.29, 0.717) is 34.7 Å². The van der Waals surface area contributed by atoms with Crippen molar-refractivity contribution in [3.05, 3.63) is 60.3 Å². The van der Waals surface area contributed by atoms with Gasteiger partial charge in [-0.2, -0.15) is 13.9 Å². The van der Waals surface area contributed by atoms with Crippen LogP contribution < -0.4 is 22.1 Å². The van der Waals surface area contributed by atoms with E-state index in [1.807, 2.05) is 6.07 Å². The van der Waals surface area contributed by atoms with Crippen LogP contribution in [0, 0.1) is 0 Å². The topological polar surface area (TPSA) is 131 Å². The highest BCUT2D eigenvalue weighted by Crippen LogP contribution is 2.37. The maximum absolute atomic E-state index is 12.6. The van der Waals surface area contributed by atoms with Crippen LogP contribution in [0.4, 0.5) is 26.0 Å². The lowest BCUT2D eigenvalue weighted by Gasteiger charge is -2.40. The molecule has 8 nitrogen and oxygen atoms in total. The Morgan fingerprint density at radius 2 is 1.91 bits per heavy atom. The normalized spacial score (nSPS) is 20.1. The second-order valence-electron chi connectivity index (χ2n) is 8.63. The maximum atomic E-state index is 12.6. The summed E-state index contributed by atoms with van der Waals surface area (Å²) in [6.45, 7) is 0.338. The molecule has 0 bridgehead atoms. The molecule has 0 saturated heterocycles. The van der Waals surface area contributed by atoms with Gasteiger partial charge in [0.25, 0.3) is 11.7 Å². The number of aromatic hydroxyl groups is 1. The van der Waals surface area contributed by atoms with Gasteiger partial charge in [-0.15, -0.1) is 0 Å². The van der Waals surface area contributed by atoms with Crippen molar-refractivity contribution in [2.75, 3.05) is 17.2 Å². The monoisotopic (exact) mass is 502 g/mol. The van der Waals surface area contributed by atoms with E-state index in [1.54, 1.807) is 53.3 Å². The highest BCUT2D eigenvalue weighted by molar-refractivity contribution is 7.99. The van der Waals surface area contributed by atoms with Gasteiger partial charge >= 0.3 is 0 Å². The number of rotatable bonds is 9. The van der Waals surface area contributed by atoms with Crippen molar-refractivity contribution >= 4 is 34.9 Å². The van der Waals surface area contributed by atoms with Crippen LogP contribution in [-0.4, -0.2) is 39.1 Å². The van der Waals surface area contributed by atoms with E-state index >= 15 is 0 Å². The standard InChI is InChI=1S/C24H28F2N6O2S/c25-23(26)35-19-6-4-15(5-7-19)30-22-20(21(28)34)13-32(31-22)24(14-27)10-8-16(9-11-24)29-17-2-1-3-18(33)12-17/h1-7,12-13,16,23,29,33H,8-11,14,27H2,(H2,28,34)(H,30,31). The molecule has 186 valence electrons. The van der Waals surface area contributed by atoms with Crippen LogP contribution in [0.25, 0.3) is 0 Å². The highest BCUT2D eigenvalue weighted by Gasteiger charge is 2.37. The molecule has 0 radical (unpaired) electrons. The fourth-order valence-electron chi connectivity index (χ4n) is 4.40. The Labute approximate surface area is 206 Å². The van der Waals surface area contributed by atoms with Gasteiger partial charge in [0.05, 0.1) is 5.54 Å². The molecule has 1 aliphatic rings. The van der Waals surface area contributed by atoms with E-state index in [-0.39, 0.29) is 17.4 Å². The lowest BCUT2D eigenvalue weighted by molar-refractivity contribution is 0.1000. The van der Waals surface area contributed by atoms with Crippen molar-refractivity contribution in [2.24, 2.45) is 11.5 Å². The molecule has 0 unspecified atom stereocenters. The first-order valence-electron chi connectivity index (χ1n) is 11.3. The number of nitrogens with zero attached hydrogens (tertiary/aromatic N) is 2. The van der Waals surface area contributed by atoms with Gasteiger partial charge in [-0.25, -0.2) is 0 Å². The van der Waals surface area contributed by atoms with Crippen LogP contribution in [-0.2, 0) is 5.54 Å². The average molecular weight is 503 g/mol. The summed E-state index contributed by atoms with van der Waals surface area (Å²) in [5, 5.41) is 20.9. The zero-order valence-corrected chi connectivity index (χ0v) is 19.8. The zero-order chi connectivity index (χ0) is 25.0. The molecule has 3 aromatic rings. The van der Waals surface area contributed by atoms with E-state index in [9.17, 15) is 18.7 Å². The molecule has 35 heavy (non-hydrogen) atoms. The molecule has 4 rings (SSSR count). The number of alkyl halides is 2. The van der Waals surface area contributed by atoms with Crippen LogP contribution in [0.1, 0.15) is 36.0 Å². The Morgan fingerprint density at radius 3 is 2.51 bits per heavy atom. The largest absolute Gasteiger partial charge is 0.508 e. The Hall–Kier alpha value is -3.31. The summed E-state index contributed by atoms with van der Waals surface area (Å²) in [6, 6.07) is 13.7. The zero-order valence-electron chi connectivity index (χ0n) is 19.0. The number of anilines is 3. The number of hydrogen-bond donors (Lipinski definition) is 5. The van der Waals surface area contributed by atoms with Gasteiger partial charge < -0.3 is 27.2 Å². The summed E-state index contributed by atoms with van der Waals surface area (Å²) in [5.41, 5.74) is 13.0. The first-order valence-corrected chi connectivity index (χ1v) is 12.1. The summed E-state index contributed by atoms with van der Waals surface area (Å²) in [5.74, 6) is -2.63. The Bertz CT molecular complexity index is 1160. The van der Waals surface area contributed by atoms with E-state index in [4.69, 9.17) is 11.5 Å². The molecule has 0 atom stereocenters. The number of hydrogen-bond acceptors (Lipinski definition) is 7. The van der Waals surface area contributed by atoms with Crippen molar-refractivity contribution in [1.29, 1.82) is 0 Å². The predicted octanol–water partition coefficient (Wildman–Crippen LogP) is 4.45. The van der Waals surface area contributed by atoms with Gasteiger partial charge in [-0.05, 0) is 62.1 Å². The number of phenols is 1. The van der Waals surface area contributed by atoms with Gasteiger partial charge in [0.2, 0.25) is 0 Å². The summed E-state index contributed by atoms with van der Waals surface area (Å²) in [4.78, 5) is 12.6. The quantitative estimate of drug-likeness (QED) is 0.273. The number of nitrogens with one attached hydrogen (secondary N) is 2. The number of halogens is 2. The number of benzene rings is 2. The molecular formula is C24H28F2N6O2S. The van der Waals surface area contributed by atoms with Crippen LogP contribution in [0.2, 0.25) is 0 Å². The van der Waals surface area contributed by atoms with Crippen molar-refractivity contribution in [3.63, 3.8) is 0 Å². The fraction of sp³-hybridized carbons (Fsp3) is 0.333. The highest BCUT2D eigenvalue weighted by atomic mass is 32.2. The Balaban J connectivity index is 1.49. The minimum Gasteiger partial charge on any atom is -0.508 e. The second-order valence-corrected chi connectivity index (χ2v) is 9.69. The molecule has 1 heterocycles. The lowest BCUT2D eigenvalue weighted by atomic mass is 9.79. The van der Waals surface area contributed by atoms with Crippen LogP contribution in [0.15, 0.2) is 59.6 Å². The van der Waals surface area contributed by atoms with Gasteiger partial charge in [-0.3, -0.25) is 9.48 Å². The minimum absolute atomic E-state index is 0.208. The molecule has 7 N–H and O–H groups in total. The lowest BCUT2D eigenvalue weighted by Crippen LogP contribution is -2.46. The van der Waals surface area contributed by atoms with Crippen LogP contribution in [0.5, 0.6) is 5.75 Å². The maximum Gasteiger partial charge on any atom is 0.288 e. The Kier molecular flexibility index (Phi) is 7.46. The summed E-state index contributed by atoms with van der Waals surface area (Å²) in [6.07, 6.45) is 4.74. The number of carbonyl (C=O) groups excluding carboxylic acids is 1. The molecule has 1 fully saturated rings. The minimum atomic E-state index is -2.50. The predicted molar refractivity (Wildman–Crippen MR) is 133 cm³/mol. The Morgan fingerprint density at radius 1 is 1.20 bits per heavy atom. The summed E-state index contributed by atoms with van der Waals surface area (Å²) in [7, 11) is 0. The number of carbonyl (C=O) groups is 1.